The molecular formula is C15H30O. The fourth-order valence-electron chi connectivity index (χ4n) is 2.70. The molecule has 0 N–H and O–H groups in total. The molecule has 0 aromatic carbocycles. The van der Waals surface area contributed by atoms with Gasteiger partial charge in [0, 0.05) is 6.42 Å². The van der Waals surface area contributed by atoms with E-state index in [0.29, 0.717) is 11.2 Å². The van der Waals surface area contributed by atoms with E-state index >= 15 is 0 Å². The van der Waals surface area contributed by atoms with Gasteiger partial charge in [0.25, 0.3) is 0 Å². The molecule has 1 unspecified atom stereocenters. The Bertz CT molecular complexity index is 186. The normalized spacial score (nSPS) is 14.8. The first-order valence-electron chi connectivity index (χ1n) is 7.09. The van der Waals surface area contributed by atoms with E-state index in [1.165, 1.54) is 44.9 Å². The number of Topliss-reactive ketones (excluding diaryl/α,β-unsaturated/α-hetero) is 1. The first-order chi connectivity index (χ1) is 7.60. The Hall–Kier alpha value is -0.330. The first-order valence-corrected chi connectivity index (χ1v) is 7.09. The predicted molar refractivity (Wildman–Crippen MR) is 71.7 cm³/mol. The topological polar surface area (TPSA) is 17.1 Å². The zero-order valence-corrected chi connectivity index (χ0v) is 11.8. The summed E-state index contributed by atoms with van der Waals surface area (Å²) >= 11 is 0. The molecule has 0 fully saturated rings. The number of unbranched alkanes of at least 4 members (excludes halogenated alkanes) is 1. The van der Waals surface area contributed by atoms with E-state index in [1.54, 1.807) is 6.92 Å². The van der Waals surface area contributed by atoms with Gasteiger partial charge >= 0.3 is 0 Å². The minimum Gasteiger partial charge on any atom is -0.300 e. The fraction of sp³-hybridized carbons (Fsp3) is 0.933. The van der Waals surface area contributed by atoms with Gasteiger partial charge in [-0.3, -0.25) is 0 Å². The minimum absolute atomic E-state index is 0.344. The van der Waals surface area contributed by atoms with Crippen LogP contribution in [0.15, 0.2) is 0 Å². The minimum atomic E-state index is 0.344. The number of carbonyl (C=O) groups excluding carboxylic acids is 1. The lowest BCUT2D eigenvalue weighted by Gasteiger charge is -2.33. The van der Waals surface area contributed by atoms with E-state index in [2.05, 4.69) is 20.8 Å². The Kier molecular flexibility index (Phi) is 8.60. The molecule has 0 bridgehead atoms. The van der Waals surface area contributed by atoms with Gasteiger partial charge in [0.1, 0.15) is 5.78 Å². The maximum absolute atomic E-state index is 11.0. The highest BCUT2D eigenvalue weighted by atomic mass is 16.1. The van der Waals surface area contributed by atoms with Gasteiger partial charge in [-0.05, 0) is 38.0 Å². The van der Waals surface area contributed by atoms with Gasteiger partial charge in [-0.15, -0.1) is 0 Å². The van der Waals surface area contributed by atoms with E-state index in [-0.39, 0.29) is 0 Å². The van der Waals surface area contributed by atoms with Crippen LogP contribution in [0.1, 0.15) is 85.5 Å². The van der Waals surface area contributed by atoms with Crippen molar-refractivity contribution in [2.75, 3.05) is 0 Å². The molecule has 0 aliphatic carbocycles. The number of carbonyl (C=O) groups is 1. The number of rotatable bonds is 10. The molecule has 96 valence electrons. The molecule has 0 amide bonds. The van der Waals surface area contributed by atoms with Crippen LogP contribution in [0.3, 0.4) is 0 Å². The Labute approximate surface area is 102 Å². The summed E-state index contributed by atoms with van der Waals surface area (Å²) in [6.07, 6.45) is 11.0. The predicted octanol–water partition coefficient (Wildman–Crippen LogP) is 5.13. The van der Waals surface area contributed by atoms with Gasteiger partial charge in [0.2, 0.25) is 0 Å². The third kappa shape index (κ3) is 6.30. The molecule has 0 spiro atoms. The van der Waals surface area contributed by atoms with Crippen molar-refractivity contribution >= 4 is 5.78 Å². The lowest BCUT2D eigenvalue weighted by Crippen LogP contribution is -2.20. The van der Waals surface area contributed by atoms with Gasteiger partial charge < -0.3 is 4.79 Å². The van der Waals surface area contributed by atoms with Crippen LogP contribution in [0.5, 0.6) is 0 Å². The van der Waals surface area contributed by atoms with E-state index in [1.807, 2.05) is 0 Å². The van der Waals surface area contributed by atoms with Crippen molar-refractivity contribution in [2.45, 2.75) is 85.5 Å². The summed E-state index contributed by atoms with van der Waals surface area (Å²) in [4.78, 5) is 11.0. The van der Waals surface area contributed by atoms with Crippen molar-refractivity contribution in [1.29, 1.82) is 0 Å². The van der Waals surface area contributed by atoms with E-state index in [4.69, 9.17) is 0 Å². The van der Waals surface area contributed by atoms with E-state index in [9.17, 15) is 4.79 Å². The fourth-order valence-corrected chi connectivity index (χ4v) is 2.70. The maximum atomic E-state index is 11.0. The molecule has 0 aromatic heterocycles. The highest BCUT2D eigenvalue weighted by Crippen LogP contribution is 2.39. The molecule has 0 rings (SSSR count). The average Bonchev–Trinajstić information content (AvgIpc) is 2.25. The van der Waals surface area contributed by atoms with Crippen molar-refractivity contribution < 1.29 is 4.79 Å². The monoisotopic (exact) mass is 226 g/mol. The van der Waals surface area contributed by atoms with Crippen LogP contribution in [0.4, 0.5) is 0 Å². The Morgan fingerprint density at radius 1 is 0.938 bits per heavy atom. The van der Waals surface area contributed by atoms with E-state index in [0.717, 1.165) is 12.8 Å². The second-order valence-corrected chi connectivity index (χ2v) is 5.26. The van der Waals surface area contributed by atoms with Crippen LogP contribution in [0.2, 0.25) is 0 Å². The second-order valence-electron chi connectivity index (χ2n) is 5.26. The van der Waals surface area contributed by atoms with Crippen molar-refractivity contribution in [3.63, 3.8) is 0 Å². The van der Waals surface area contributed by atoms with Gasteiger partial charge in [-0.25, -0.2) is 0 Å². The van der Waals surface area contributed by atoms with Crippen LogP contribution in [-0.4, -0.2) is 5.78 Å². The smallest absolute Gasteiger partial charge is 0.129 e. The molecule has 0 heterocycles. The first kappa shape index (κ1) is 15.7. The Balaban J connectivity index is 4.19. The summed E-state index contributed by atoms with van der Waals surface area (Å²) in [7, 11) is 0. The molecule has 0 aromatic rings. The van der Waals surface area contributed by atoms with Crippen LogP contribution in [0, 0.1) is 5.41 Å². The molecular weight excluding hydrogens is 196 g/mol. The highest BCUT2D eigenvalue weighted by molar-refractivity contribution is 5.75. The summed E-state index contributed by atoms with van der Waals surface area (Å²) in [6.45, 7) is 8.57. The molecule has 0 saturated carbocycles. The quantitative estimate of drug-likeness (QED) is 0.504. The van der Waals surface area contributed by atoms with Gasteiger partial charge in [-0.1, -0.05) is 46.5 Å². The molecule has 0 radical (unpaired) electrons. The maximum Gasteiger partial charge on any atom is 0.129 e. The Morgan fingerprint density at radius 2 is 1.56 bits per heavy atom. The molecule has 0 aliphatic heterocycles. The lowest BCUT2D eigenvalue weighted by molar-refractivity contribution is -0.117. The second kappa shape index (κ2) is 8.78. The molecule has 1 heteroatoms. The molecule has 0 aliphatic rings. The zero-order valence-electron chi connectivity index (χ0n) is 11.8. The van der Waals surface area contributed by atoms with Crippen molar-refractivity contribution in [1.82, 2.24) is 0 Å². The number of hydrogen-bond donors (Lipinski definition) is 0. The van der Waals surface area contributed by atoms with Crippen molar-refractivity contribution in [3.8, 4) is 0 Å². The molecule has 1 atom stereocenters. The lowest BCUT2D eigenvalue weighted by atomic mass is 9.73. The van der Waals surface area contributed by atoms with Crippen LogP contribution >= 0.6 is 0 Å². The van der Waals surface area contributed by atoms with Crippen LogP contribution in [-0.2, 0) is 4.79 Å². The van der Waals surface area contributed by atoms with Crippen molar-refractivity contribution in [2.24, 2.45) is 5.41 Å². The zero-order chi connectivity index (χ0) is 12.4. The third-order valence-electron chi connectivity index (χ3n) is 3.83. The molecule has 16 heavy (non-hydrogen) atoms. The molecule has 0 saturated heterocycles. The third-order valence-corrected chi connectivity index (χ3v) is 3.83. The van der Waals surface area contributed by atoms with Crippen molar-refractivity contribution in [3.05, 3.63) is 0 Å². The Morgan fingerprint density at radius 3 is 2.00 bits per heavy atom. The van der Waals surface area contributed by atoms with E-state index < -0.39 is 0 Å². The summed E-state index contributed by atoms with van der Waals surface area (Å²) in [5.74, 6) is 0.344. The van der Waals surface area contributed by atoms with Gasteiger partial charge in [-0.2, -0.15) is 0 Å². The summed E-state index contributed by atoms with van der Waals surface area (Å²) in [5, 5.41) is 0. The average molecular weight is 226 g/mol. The summed E-state index contributed by atoms with van der Waals surface area (Å²) < 4.78 is 0. The summed E-state index contributed by atoms with van der Waals surface area (Å²) in [6, 6.07) is 0. The largest absolute Gasteiger partial charge is 0.300 e. The molecule has 1 nitrogen and oxygen atoms in total. The highest BCUT2D eigenvalue weighted by Gasteiger charge is 2.25. The van der Waals surface area contributed by atoms with Gasteiger partial charge in [0.15, 0.2) is 0 Å². The SMILES string of the molecule is CCCCC(CC)(CCC)CCCC(C)=O. The standard InChI is InChI=1S/C15H30O/c1-5-8-12-15(7-3,11-6-2)13-9-10-14(4)16/h5-13H2,1-4H3. The number of hydrogen-bond acceptors (Lipinski definition) is 1. The van der Waals surface area contributed by atoms with Crippen LogP contribution in [0.25, 0.3) is 0 Å². The van der Waals surface area contributed by atoms with Gasteiger partial charge in [0.05, 0.1) is 0 Å². The number of ketones is 1. The van der Waals surface area contributed by atoms with Crippen LogP contribution < -0.4 is 0 Å². The summed E-state index contributed by atoms with van der Waals surface area (Å²) in [5.41, 5.74) is 0.528.